The van der Waals surface area contributed by atoms with Crippen molar-refractivity contribution in [3.8, 4) is 6.07 Å². The van der Waals surface area contributed by atoms with Gasteiger partial charge in [0, 0.05) is 10.6 Å². The fraction of sp³-hybridized carbons (Fsp3) is 0.0833. The van der Waals surface area contributed by atoms with Crippen LogP contribution in [-0.2, 0) is 0 Å². The van der Waals surface area contributed by atoms with Crippen LogP contribution >= 0.6 is 11.8 Å². The fourth-order valence-electron chi connectivity index (χ4n) is 1.30. The highest BCUT2D eigenvalue weighted by Crippen LogP contribution is 2.21. The van der Waals surface area contributed by atoms with Crippen molar-refractivity contribution in [1.29, 1.82) is 5.26 Å². The van der Waals surface area contributed by atoms with Crippen molar-refractivity contribution in [3.63, 3.8) is 0 Å². The highest BCUT2D eigenvalue weighted by molar-refractivity contribution is 7.98. The SMILES string of the molecule is CSc1cccc(Nc2cnc(C#N)cn2)c1. The van der Waals surface area contributed by atoms with Crippen LogP contribution in [-0.4, -0.2) is 16.2 Å². The van der Waals surface area contributed by atoms with E-state index in [9.17, 15) is 0 Å². The predicted octanol–water partition coefficient (Wildman–Crippen LogP) is 2.81. The monoisotopic (exact) mass is 242 g/mol. The van der Waals surface area contributed by atoms with Crippen LogP contribution in [0.25, 0.3) is 0 Å². The Balaban J connectivity index is 2.16. The third kappa shape index (κ3) is 2.95. The maximum absolute atomic E-state index is 8.61. The average Bonchev–Trinajstić information content (AvgIpc) is 2.40. The van der Waals surface area contributed by atoms with Crippen LogP contribution in [0, 0.1) is 11.3 Å². The summed E-state index contributed by atoms with van der Waals surface area (Å²) in [6, 6.07) is 9.94. The molecule has 0 bridgehead atoms. The van der Waals surface area contributed by atoms with E-state index in [0.29, 0.717) is 11.5 Å². The Morgan fingerprint density at radius 2 is 2.18 bits per heavy atom. The predicted molar refractivity (Wildman–Crippen MR) is 68.3 cm³/mol. The molecule has 0 amide bonds. The molecule has 0 aliphatic carbocycles. The molecule has 2 rings (SSSR count). The lowest BCUT2D eigenvalue weighted by Crippen LogP contribution is -1.95. The summed E-state index contributed by atoms with van der Waals surface area (Å²) in [5.74, 6) is 0.627. The minimum absolute atomic E-state index is 0.313. The van der Waals surface area contributed by atoms with Gasteiger partial charge in [-0.15, -0.1) is 11.8 Å². The van der Waals surface area contributed by atoms with Crippen LogP contribution in [0.15, 0.2) is 41.6 Å². The summed E-state index contributed by atoms with van der Waals surface area (Å²) < 4.78 is 0. The van der Waals surface area contributed by atoms with Gasteiger partial charge in [-0.3, -0.25) is 0 Å². The zero-order chi connectivity index (χ0) is 12.1. The molecule has 0 saturated heterocycles. The van der Waals surface area contributed by atoms with Gasteiger partial charge < -0.3 is 5.32 Å². The molecule has 1 heterocycles. The lowest BCUT2D eigenvalue weighted by Gasteiger charge is -2.05. The molecule has 0 aliphatic rings. The first-order valence-electron chi connectivity index (χ1n) is 4.95. The van der Waals surface area contributed by atoms with Crippen LogP contribution in [0.2, 0.25) is 0 Å². The Labute approximate surface area is 104 Å². The maximum Gasteiger partial charge on any atom is 0.158 e. The number of hydrogen-bond acceptors (Lipinski definition) is 5. The molecular formula is C12H10N4S. The summed E-state index contributed by atoms with van der Waals surface area (Å²) in [5.41, 5.74) is 1.27. The summed E-state index contributed by atoms with van der Waals surface area (Å²) in [4.78, 5) is 9.22. The summed E-state index contributed by atoms with van der Waals surface area (Å²) >= 11 is 1.68. The molecule has 0 fully saturated rings. The van der Waals surface area contributed by atoms with Crippen molar-refractivity contribution < 1.29 is 0 Å². The van der Waals surface area contributed by atoms with Gasteiger partial charge in [0.25, 0.3) is 0 Å². The van der Waals surface area contributed by atoms with Crippen LogP contribution in [0.4, 0.5) is 11.5 Å². The van der Waals surface area contributed by atoms with Gasteiger partial charge in [-0.25, -0.2) is 9.97 Å². The van der Waals surface area contributed by atoms with Crippen molar-refractivity contribution >= 4 is 23.3 Å². The second-order valence-electron chi connectivity index (χ2n) is 3.26. The Hall–Kier alpha value is -2.06. The molecule has 0 radical (unpaired) electrons. The Bertz CT molecular complexity index is 545. The van der Waals surface area contributed by atoms with Gasteiger partial charge in [0.2, 0.25) is 0 Å². The van der Waals surface area contributed by atoms with Gasteiger partial charge >= 0.3 is 0 Å². The van der Waals surface area contributed by atoms with Crippen LogP contribution in [0.5, 0.6) is 0 Å². The number of rotatable bonds is 3. The summed E-state index contributed by atoms with van der Waals surface area (Å²) in [6.07, 6.45) is 5.02. The molecule has 17 heavy (non-hydrogen) atoms. The fourth-order valence-corrected chi connectivity index (χ4v) is 1.76. The van der Waals surface area contributed by atoms with Gasteiger partial charge in [0.05, 0.1) is 12.4 Å². The zero-order valence-corrected chi connectivity index (χ0v) is 10.0. The van der Waals surface area contributed by atoms with Gasteiger partial charge in [-0.2, -0.15) is 5.26 Å². The van der Waals surface area contributed by atoms with E-state index < -0.39 is 0 Å². The molecular weight excluding hydrogens is 232 g/mol. The van der Waals surface area contributed by atoms with E-state index in [1.165, 1.54) is 11.1 Å². The van der Waals surface area contributed by atoms with Crippen molar-refractivity contribution in [2.24, 2.45) is 0 Å². The summed E-state index contributed by atoms with van der Waals surface area (Å²) in [5, 5.41) is 11.7. The lowest BCUT2D eigenvalue weighted by atomic mass is 10.3. The van der Waals surface area contributed by atoms with E-state index >= 15 is 0 Å². The molecule has 84 valence electrons. The highest BCUT2D eigenvalue weighted by atomic mass is 32.2. The Kier molecular flexibility index (Phi) is 3.58. The number of aromatic nitrogens is 2. The number of thioether (sulfide) groups is 1. The van der Waals surface area contributed by atoms with Crippen LogP contribution in [0.3, 0.4) is 0 Å². The molecule has 0 atom stereocenters. The van der Waals surface area contributed by atoms with Gasteiger partial charge in [-0.05, 0) is 24.5 Å². The average molecular weight is 242 g/mol. The number of nitriles is 1. The van der Waals surface area contributed by atoms with Gasteiger partial charge in [0.15, 0.2) is 5.69 Å². The lowest BCUT2D eigenvalue weighted by molar-refractivity contribution is 1.16. The Morgan fingerprint density at radius 3 is 2.82 bits per heavy atom. The standard InChI is InChI=1S/C12H10N4S/c1-17-11-4-2-3-9(5-11)16-12-8-14-10(6-13)7-15-12/h2-5,7-8H,1H3,(H,15,16). The highest BCUT2D eigenvalue weighted by Gasteiger charge is 1.98. The van der Waals surface area contributed by atoms with E-state index in [2.05, 4.69) is 15.3 Å². The van der Waals surface area contributed by atoms with E-state index in [-0.39, 0.29) is 0 Å². The van der Waals surface area contributed by atoms with Crippen molar-refractivity contribution in [2.45, 2.75) is 4.90 Å². The molecule has 0 spiro atoms. The third-order valence-electron chi connectivity index (χ3n) is 2.11. The first-order chi connectivity index (χ1) is 8.31. The topological polar surface area (TPSA) is 61.6 Å². The molecule has 1 aromatic carbocycles. The number of benzene rings is 1. The third-order valence-corrected chi connectivity index (χ3v) is 2.83. The maximum atomic E-state index is 8.61. The molecule has 0 unspecified atom stereocenters. The van der Waals surface area contributed by atoms with Gasteiger partial charge in [0.1, 0.15) is 11.9 Å². The number of hydrogen-bond donors (Lipinski definition) is 1. The van der Waals surface area contributed by atoms with E-state index in [1.54, 1.807) is 18.0 Å². The van der Waals surface area contributed by atoms with Crippen molar-refractivity contribution in [1.82, 2.24) is 9.97 Å². The summed E-state index contributed by atoms with van der Waals surface area (Å²) in [7, 11) is 0. The normalized spacial score (nSPS) is 9.65. The van der Waals surface area contributed by atoms with Gasteiger partial charge in [-0.1, -0.05) is 6.07 Å². The smallest absolute Gasteiger partial charge is 0.158 e. The first-order valence-corrected chi connectivity index (χ1v) is 6.17. The minimum atomic E-state index is 0.313. The summed E-state index contributed by atoms with van der Waals surface area (Å²) in [6.45, 7) is 0. The largest absolute Gasteiger partial charge is 0.339 e. The second kappa shape index (κ2) is 5.32. The van der Waals surface area contributed by atoms with E-state index in [1.807, 2.05) is 36.6 Å². The quantitative estimate of drug-likeness (QED) is 0.838. The van der Waals surface area contributed by atoms with Crippen LogP contribution < -0.4 is 5.32 Å². The molecule has 2 aromatic rings. The van der Waals surface area contributed by atoms with Crippen molar-refractivity contribution in [3.05, 3.63) is 42.4 Å². The molecule has 0 saturated carbocycles. The Morgan fingerprint density at radius 1 is 1.29 bits per heavy atom. The second-order valence-corrected chi connectivity index (χ2v) is 4.14. The zero-order valence-electron chi connectivity index (χ0n) is 9.21. The van der Waals surface area contributed by atoms with Crippen molar-refractivity contribution in [2.75, 3.05) is 11.6 Å². The number of nitrogens with one attached hydrogen (secondary N) is 1. The molecule has 5 heteroatoms. The number of nitrogens with zero attached hydrogens (tertiary/aromatic N) is 3. The van der Waals surface area contributed by atoms with E-state index in [4.69, 9.17) is 5.26 Å². The van der Waals surface area contributed by atoms with Crippen LogP contribution in [0.1, 0.15) is 5.69 Å². The number of anilines is 2. The molecule has 0 aliphatic heterocycles. The van der Waals surface area contributed by atoms with E-state index in [0.717, 1.165) is 5.69 Å². The molecule has 1 N–H and O–H groups in total. The molecule has 1 aromatic heterocycles. The minimum Gasteiger partial charge on any atom is -0.339 e. The molecule has 4 nitrogen and oxygen atoms in total. The first kappa shape index (κ1) is 11.4.